The molecule has 2 heterocycles. The molecule has 8 nitrogen and oxygen atoms in total. The van der Waals surface area contributed by atoms with E-state index in [1.807, 2.05) is 12.1 Å². The van der Waals surface area contributed by atoms with E-state index in [0.717, 1.165) is 57.3 Å². The number of rotatable bonds is 12. The zero-order valence-corrected chi connectivity index (χ0v) is 19.1. The van der Waals surface area contributed by atoms with Gasteiger partial charge >= 0.3 is 0 Å². The summed E-state index contributed by atoms with van der Waals surface area (Å²) in [7, 11) is 3.40. The van der Waals surface area contributed by atoms with Crippen LogP contribution in [0.3, 0.4) is 0 Å². The fraction of sp³-hybridized carbons (Fsp3) is 0.684. The number of nitrogens with one attached hydrogen (secondary N) is 2. The first-order valence-corrected chi connectivity index (χ1v) is 9.49. The minimum atomic E-state index is 0. The third-order valence-corrected chi connectivity index (χ3v) is 4.18. The average Bonchev–Trinajstić information content (AvgIpc) is 3.21. The van der Waals surface area contributed by atoms with Crippen molar-refractivity contribution in [3.05, 3.63) is 23.9 Å². The molecule has 0 spiro atoms. The summed E-state index contributed by atoms with van der Waals surface area (Å²) >= 11 is 0. The molecule has 1 saturated heterocycles. The highest BCUT2D eigenvalue weighted by Gasteiger charge is 2.15. The van der Waals surface area contributed by atoms with Crippen LogP contribution in [-0.4, -0.2) is 71.3 Å². The summed E-state index contributed by atoms with van der Waals surface area (Å²) < 4.78 is 21.7. The number of aromatic nitrogens is 1. The van der Waals surface area contributed by atoms with Crippen molar-refractivity contribution in [1.82, 2.24) is 15.6 Å². The molecular weight excluding hydrogens is 475 g/mol. The lowest BCUT2D eigenvalue weighted by molar-refractivity contribution is 0.0888. The van der Waals surface area contributed by atoms with Crippen LogP contribution in [0.15, 0.2) is 23.3 Å². The van der Waals surface area contributed by atoms with Crippen LogP contribution in [-0.2, 0) is 20.8 Å². The summed E-state index contributed by atoms with van der Waals surface area (Å²) in [5, 5.41) is 6.58. The molecule has 0 radical (unpaired) electrons. The average molecular weight is 508 g/mol. The molecule has 0 aliphatic carbocycles. The number of aliphatic imine (C=N–C) groups is 1. The van der Waals surface area contributed by atoms with Gasteiger partial charge in [-0.25, -0.2) is 4.98 Å². The van der Waals surface area contributed by atoms with Gasteiger partial charge in [0.15, 0.2) is 5.96 Å². The lowest BCUT2D eigenvalue weighted by Gasteiger charge is -2.14. The maximum atomic E-state index is 5.71. The van der Waals surface area contributed by atoms with Gasteiger partial charge in [0.05, 0.1) is 19.8 Å². The lowest BCUT2D eigenvalue weighted by atomic mass is 10.1. The van der Waals surface area contributed by atoms with Crippen molar-refractivity contribution in [3.8, 4) is 5.88 Å². The Morgan fingerprint density at radius 3 is 2.96 bits per heavy atom. The van der Waals surface area contributed by atoms with Crippen LogP contribution >= 0.6 is 24.0 Å². The van der Waals surface area contributed by atoms with Gasteiger partial charge in [-0.1, -0.05) is 6.07 Å². The normalized spacial score (nSPS) is 16.5. The van der Waals surface area contributed by atoms with Crippen LogP contribution < -0.4 is 15.4 Å². The van der Waals surface area contributed by atoms with Crippen LogP contribution in [0.2, 0.25) is 0 Å². The molecule has 1 fully saturated rings. The summed E-state index contributed by atoms with van der Waals surface area (Å²) in [6, 6.07) is 3.87. The van der Waals surface area contributed by atoms with E-state index < -0.39 is 0 Å². The standard InChI is InChI=1S/C19H32N4O4.HI/c1-20-19(22-8-4-9-25-14-16-6-10-26-15-16)23-13-17-5-3-7-21-18(17)27-12-11-24-2;/h3,5,7,16H,4,6,8-15H2,1-2H3,(H2,20,22,23);1H. The van der Waals surface area contributed by atoms with Crippen molar-refractivity contribution >= 4 is 29.9 Å². The Labute approximate surface area is 184 Å². The van der Waals surface area contributed by atoms with E-state index in [2.05, 4.69) is 20.6 Å². The van der Waals surface area contributed by atoms with Crippen molar-refractivity contribution in [2.75, 3.05) is 60.3 Å². The molecule has 2 rings (SSSR count). The molecule has 9 heteroatoms. The van der Waals surface area contributed by atoms with Crippen LogP contribution in [0.5, 0.6) is 5.88 Å². The number of nitrogens with zero attached hydrogens (tertiary/aromatic N) is 2. The van der Waals surface area contributed by atoms with Crippen molar-refractivity contribution < 1.29 is 18.9 Å². The molecule has 1 unspecified atom stereocenters. The Balaban J connectivity index is 0.00000392. The second kappa shape index (κ2) is 15.7. The Morgan fingerprint density at radius 2 is 2.21 bits per heavy atom. The van der Waals surface area contributed by atoms with Gasteiger partial charge in [0.1, 0.15) is 6.61 Å². The largest absolute Gasteiger partial charge is 0.475 e. The third kappa shape index (κ3) is 9.85. The fourth-order valence-corrected chi connectivity index (χ4v) is 2.66. The molecule has 1 atom stereocenters. The number of hydrogen-bond acceptors (Lipinski definition) is 6. The first-order valence-electron chi connectivity index (χ1n) is 9.49. The van der Waals surface area contributed by atoms with Gasteiger partial charge in [-0.15, -0.1) is 24.0 Å². The zero-order chi connectivity index (χ0) is 19.2. The predicted molar refractivity (Wildman–Crippen MR) is 120 cm³/mol. The van der Waals surface area contributed by atoms with E-state index in [1.165, 1.54) is 0 Å². The van der Waals surface area contributed by atoms with Gasteiger partial charge < -0.3 is 29.6 Å². The minimum absolute atomic E-state index is 0. The predicted octanol–water partition coefficient (Wildman–Crippen LogP) is 1.83. The number of pyridine rings is 1. The summed E-state index contributed by atoms with van der Waals surface area (Å²) in [6.45, 7) is 5.61. The molecule has 0 saturated carbocycles. The lowest BCUT2D eigenvalue weighted by Crippen LogP contribution is -2.37. The Morgan fingerprint density at radius 1 is 1.32 bits per heavy atom. The quantitative estimate of drug-likeness (QED) is 0.193. The molecule has 0 amide bonds. The number of hydrogen-bond donors (Lipinski definition) is 2. The monoisotopic (exact) mass is 508 g/mol. The van der Waals surface area contributed by atoms with Crippen molar-refractivity contribution in [2.24, 2.45) is 10.9 Å². The summed E-state index contributed by atoms with van der Waals surface area (Å²) in [5.41, 5.74) is 0.971. The van der Waals surface area contributed by atoms with Crippen LogP contribution in [0.4, 0.5) is 0 Å². The van der Waals surface area contributed by atoms with E-state index in [-0.39, 0.29) is 24.0 Å². The summed E-state index contributed by atoms with van der Waals surface area (Å²) in [6.07, 6.45) is 3.75. The summed E-state index contributed by atoms with van der Waals surface area (Å²) in [5.74, 6) is 1.92. The topological polar surface area (TPSA) is 86.2 Å². The highest BCUT2D eigenvalue weighted by atomic mass is 127. The van der Waals surface area contributed by atoms with E-state index in [0.29, 0.717) is 31.6 Å². The third-order valence-electron chi connectivity index (χ3n) is 4.18. The fourth-order valence-electron chi connectivity index (χ4n) is 2.66. The highest BCUT2D eigenvalue weighted by molar-refractivity contribution is 14.0. The molecule has 1 aliphatic heterocycles. The SMILES string of the molecule is CN=C(NCCCOCC1CCOC1)NCc1cccnc1OCCOC.I. The van der Waals surface area contributed by atoms with Crippen molar-refractivity contribution in [2.45, 2.75) is 19.4 Å². The molecule has 28 heavy (non-hydrogen) atoms. The van der Waals surface area contributed by atoms with Crippen molar-refractivity contribution in [1.29, 1.82) is 0 Å². The van der Waals surface area contributed by atoms with Crippen LogP contribution in [0, 0.1) is 5.92 Å². The van der Waals surface area contributed by atoms with Gasteiger partial charge in [-0.05, 0) is 18.9 Å². The molecule has 2 N–H and O–H groups in total. The molecule has 1 aromatic heterocycles. The number of ether oxygens (including phenoxy) is 4. The molecule has 160 valence electrons. The van der Waals surface area contributed by atoms with E-state index in [9.17, 15) is 0 Å². The maximum absolute atomic E-state index is 5.71. The maximum Gasteiger partial charge on any atom is 0.218 e. The number of methoxy groups -OCH3 is 1. The van der Waals surface area contributed by atoms with Gasteiger partial charge in [0.2, 0.25) is 5.88 Å². The van der Waals surface area contributed by atoms with Crippen molar-refractivity contribution in [3.63, 3.8) is 0 Å². The van der Waals surface area contributed by atoms with E-state index >= 15 is 0 Å². The second-order valence-electron chi connectivity index (χ2n) is 6.32. The first-order chi connectivity index (χ1) is 13.3. The molecule has 1 aromatic rings. The van der Waals surface area contributed by atoms with Crippen LogP contribution in [0.25, 0.3) is 0 Å². The molecule has 1 aliphatic rings. The minimum Gasteiger partial charge on any atom is -0.475 e. The molecule has 0 aromatic carbocycles. The molecule has 0 bridgehead atoms. The Kier molecular flexibility index (Phi) is 14.0. The highest BCUT2D eigenvalue weighted by Crippen LogP contribution is 2.14. The van der Waals surface area contributed by atoms with Gasteiger partial charge in [-0.3, -0.25) is 4.99 Å². The number of guanidine groups is 1. The smallest absolute Gasteiger partial charge is 0.218 e. The zero-order valence-electron chi connectivity index (χ0n) is 16.8. The molecular formula is C19H33IN4O4. The van der Waals surface area contributed by atoms with E-state index in [1.54, 1.807) is 20.4 Å². The number of halogens is 1. The first kappa shape index (κ1) is 24.9. The Hall–Kier alpha value is -1.17. The van der Waals surface area contributed by atoms with Crippen LogP contribution in [0.1, 0.15) is 18.4 Å². The Bertz CT molecular complexity index is 556. The van der Waals surface area contributed by atoms with Gasteiger partial charge in [0.25, 0.3) is 0 Å². The van der Waals surface area contributed by atoms with Gasteiger partial charge in [-0.2, -0.15) is 0 Å². The summed E-state index contributed by atoms with van der Waals surface area (Å²) in [4.78, 5) is 8.52. The second-order valence-corrected chi connectivity index (χ2v) is 6.32. The van der Waals surface area contributed by atoms with Gasteiger partial charge in [0, 0.05) is 58.1 Å². The van der Waals surface area contributed by atoms with E-state index in [4.69, 9.17) is 18.9 Å².